The second-order valence-electron chi connectivity index (χ2n) is 8.72. The zero-order valence-electron chi connectivity index (χ0n) is 18.2. The maximum Gasteiger partial charge on any atom is 0.193 e. The monoisotopic (exact) mass is 386 g/mol. The lowest BCUT2D eigenvalue weighted by Gasteiger charge is -2.33. The SMILES string of the molecule is CN=C(NCc1ccnc(N2CCN(C)CC2)c1)N(C)CC1CCC(C)CC1. The number of likely N-dealkylation sites (N-methyl/N-ethyl adjacent to an activating group) is 1. The van der Waals surface area contributed by atoms with Crippen molar-refractivity contribution in [3.05, 3.63) is 23.9 Å². The van der Waals surface area contributed by atoms with E-state index in [0.717, 1.165) is 62.9 Å². The molecule has 1 aromatic rings. The average molecular weight is 387 g/mol. The highest BCUT2D eigenvalue weighted by Gasteiger charge is 2.21. The van der Waals surface area contributed by atoms with Crippen LogP contribution in [0.1, 0.15) is 38.2 Å². The maximum atomic E-state index is 4.59. The Morgan fingerprint density at radius 2 is 1.93 bits per heavy atom. The lowest BCUT2D eigenvalue weighted by atomic mass is 9.83. The van der Waals surface area contributed by atoms with Crippen LogP contribution >= 0.6 is 0 Å². The molecule has 0 aromatic carbocycles. The first-order valence-electron chi connectivity index (χ1n) is 10.9. The van der Waals surface area contributed by atoms with Gasteiger partial charge in [-0.1, -0.05) is 19.8 Å². The predicted molar refractivity (Wildman–Crippen MR) is 118 cm³/mol. The Morgan fingerprint density at radius 3 is 2.61 bits per heavy atom. The third-order valence-electron chi connectivity index (χ3n) is 6.33. The predicted octanol–water partition coefficient (Wildman–Crippen LogP) is 2.67. The van der Waals surface area contributed by atoms with Crippen LogP contribution in [0.15, 0.2) is 23.3 Å². The first-order chi connectivity index (χ1) is 13.5. The highest BCUT2D eigenvalue weighted by Crippen LogP contribution is 2.28. The van der Waals surface area contributed by atoms with Gasteiger partial charge in [0.05, 0.1) is 0 Å². The van der Waals surface area contributed by atoms with Crippen LogP contribution in [0.5, 0.6) is 0 Å². The van der Waals surface area contributed by atoms with Crippen LogP contribution in [0.3, 0.4) is 0 Å². The summed E-state index contributed by atoms with van der Waals surface area (Å²) in [5.74, 6) is 3.77. The maximum absolute atomic E-state index is 4.59. The van der Waals surface area contributed by atoms with Gasteiger partial charge >= 0.3 is 0 Å². The van der Waals surface area contributed by atoms with Crippen molar-refractivity contribution in [2.24, 2.45) is 16.8 Å². The number of nitrogens with one attached hydrogen (secondary N) is 1. The Kier molecular flexibility index (Phi) is 7.54. The van der Waals surface area contributed by atoms with Crippen LogP contribution in [0.2, 0.25) is 0 Å². The zero-order valence-corrected chi connectivity index (χ0v) is 18.2. The number of hydrogen-bond donors (Lipinski definition) is 1. The Labute approximate surface area is 171 Å². The van der Waals surface area contributed by atoms with Crippen molar-refractivity contribution in [1.29, 1.82) is 0 Å². The van der Waals surface area contributed by atoms with Crippen molar-refractivity contribution in [3.63, 3.8) is 0 Å². The summed E-state index contributed by atoms with van der Waals surface area (Å²) >= 11 is 0. The van der Waals surface area contributed by atoms with Crippen molar-refractivity contribution in [2.45, 2.75) is 39.2 Å². The van der Waals surface area contributed by atoms with Gasteiger partial charge in [0.2, 0.25) is 0 Å². The number of aromatic nitrogens is 1. The first kappa shape index (κ1) is 20.9. The van der Waals surface area contributed by atoms with E-state index in [1.165, 1.54) is 31.2 Å². The topological polar surface area (TPSA) is 47.0 Å². The molecule has 1 N–H and O–H groups in total. The summed E-state index contributed by atoms with van der Waals surface area (Å²) < 4.78 is 0. The Morgan fingerprint density at radius 1 is 1.21 bits per heavy atom. The van der Waals surface area contributed by atoms with E-state index >= 15 is 0 Å². The number of hydrogen-bond acceptors (Lipinski definition) is 4. The van der Waals surface area contributed by atoms with E-state index in [9.17, 15) is 0 Å². The fourth-order valence-corrected chi connectivity index (χ4v) is 4.33. The van der Waals surface area contributed by atoms with Gasteiger partial charge in [0.25, 0.3) is 0 Å². The molecule has 0 radical (unpaired) electrons. The first-order valence-corrected chi connectivity index (χ1v) is 10.9. The van der Waals surface area contributed by atoms with Crippen LogP contribution < -0.4 is 10.2 Å². The van der Waals surface area contributed by atoms with Crippen LogP contribution in [-0.2, 0) is 6.54 Å². The minimum atomic E-state index is 0.780. The number of piperazine rings is 1. The lowest BCUT2D eigenvalue weighted by molar-refractivity contribution is 0.250. The van der Waals surface area contributed by atoms with E-state index in [-0.39, 0.29) is 0 Å². The summed E-state index contributed by atoms with van der Waals surface area (Å²) in [7, 11) is 6.22. The summed E-state index contributed by atoms with van der Waals surface area (Å²) in [5, 5.41) is 3.54. The van der Waals surface area contributed by atoms with Crippen LogP contribution in [0.25, 0.3) is 0 Å². The average Bonchev–Trinajstić information content (AvgIpc) is 2.71. The molecule has 1 aliphatic carbocycles. The third kappa shape index (κ3) is 5.84. The van der Waals surface area contributed by atoms with Crippen molar-refractivity contribution in [3.8, 4) is 0 Å². The Hall–Kier alpha value is -1.82. The molecule has 6 heteroatoms. The molecule has 2 fully saturated rings. The molecule has 1 aliphatic heterocycles. The van der Waals surface area contributed by atoms with E-state index < -0.39 is 0 Å². The van der Waals surface area contributed by atoms with E-state index in [4.69, 9.17) is 0 Å². The molecule has 0 atom stereocenters. The molecule has 0 spiro atoms. The lowest BCUT2D eigenvalue weighted by Crippen LogP contribution is -2.44. The molecule has 0 bridgehead atoms. The molecule has 2 aliphatic rings. The molecule has 156 valence electrons. The molecule has 1 saturated heterocycles. The highest BCUT2D eigenvalue weighted by atomic mass is 15.3. The van der Waals surface area contributed by atoms with E-state index in [1.54, 1.807) is 0 Å². The number of anilines is 1. The molecule has 1 aromatic heterocycles. The van der Waals surface area contributed by atoms with E-state index in [1.807, 2.05) is 13.2 Å². The second kappa shape index (κ2) is 10.1. The summed E-state index contributed by atoms with van der Waals surface area (Å²) in [6, 6.07) is 4.32. The number of pyridine rings is 1. The second-order valence-corrected chi connectivity index (χ2v) is 8.72. The van der Waals surface area contributed by atoms with Gasteiger partial charge < -0.3 is 20.0 Å². The van der Waals surface area contributed by atoms with Crippen LogP contribution in [-0.4, -0.2) is 74.6 Å². The molecule has 0 unspecified atom stereocenters. The highest BCUT2D eigenvalue weighted by molar-refractivity contribution is 5.79. The Balaban J connectivity index is 1.51. The van der Waals surface area contributed by atoms with Crippen LogP contribution in [0, 0.1) is 11.8 Å². The van der Waals surface area contributed by atoms with Gasteiger partial charge in [-0.25, -0.2) is 4.98 Å². The molecule has 28 heavy (non-hydrogen) atoms. The van der Waals surface area contributed by atoms with Gasteiger partial charge in [-0.05, 0) is 49.4 Å². The smallest absolute Gasteiger partial charge is 0.193 e. The fourth-order valence-electron chi connectivity index (χ4n) is 4.33. The van der Waals surface area contributed by atoms with Gasteiger partial charge in [-0.3, -0.25) is 4.99 Å². The van der Waals surface area contributed by atoms with Crippen molar-refractivity contribution in [2.75, 3.05) is 58.8 Å². The zero-order chi connectivity index (χ0) is 19.9. The molecule has 1 saturated carbocycles. The summed E-state index contributed by atoms with van der Waals surface area (Å²) in [5.41, 5.74) is 1.25. The number of guanidine groups is 1. The van der Waals surface area contributed by atoms with Crippen LogP contribution in [0.4, 0.5) is 5.82 Å². The molecule has 6 nitrogen and oxygen atoms in total. The molecular weight excluding hydrogens is 348 g/mol. The largest absolute Gasteiger partial charge is 0.354 e. The minimum Gasteiger partial charge on any atom is -0.354 e. The molecule has 2 heterocycles. The quantitative estimate of drug-likeness (QED) is 0.623. The van der Waals surface area contributed by atoms with Crippen molar-refractivity contribution in [1.82, 2.24) is 20.1 Å². The van der Waals surface area contributed by atoms with E-state index in [2.05, 4.69) is 63.1 Å². The summed E-state index contributed by atoms with van der Waals surface area (Å²) in [4.78, 5) is 16.1. The van der Waals surface area contributed by atoms with Gasteiger partial charge in [0.15, 0.2) is 5.96 Å². The molecule has 3 rings (SSSR count). The van der Waals surface area contributed by atoms with E-state index in [0.29, 0.717) is 0 Å². The number of aliphatic imine (C=N–C) groups is 1. The normalized spacial score (nSPS) is 24.3. The fraction of sp³-hybridized carbons (Fsp3) is 0.727. The summed E-state index contributed by atoms with van der Waals surface area (Å²) in [6.07, 6.45) is 7.37. The minimum absolute atomic E-state index is 0.780. The van der Waals surface area contributed by atoms with Gasteiger partial charge in [-0.15, -0.1) is 0 Å². The number of nitrogens with zero attached hydrogens (tertiary/aromatic N) is 5. The Bertz CT molecular complexity index is 630. The van der Waals surface area contributed by atoms with Gasteiger partial charge in [-0.2, -0.15) is 0 Å². The number of rotatable bonds is 5. The third-order valence-corrected chi connectivity index (χ3v) is 6.33. The summed E-state index contributed by atoms with van der Waals surface area (Å²) in [6.45, 7) is 8.54. The van der Waals surface area contributed by atoms with Gasteiger partial charge in [0.1, 0.15) is 5.82 Å². The molecule has 0 amide bonds. The van der Waals surface area contributed by atoms with Gasteiger partial charge in [0, 0.05) is 59.6 Å². The standard InChI is InChI=1S/C22H38N6/c1-18-5-7-19(8-6-18)17-27(4)22(23-2)25-16-20-9-10-24-21(15-20)28-13-11-26(3)12-14-28/h9-10,15,18-19H,5-8,11-14,16-17H2,1-4H3,(H,23,25). The van der Waals surface area contributed by atoms with Crippen molar-refractivity contribution >= 4 is 11.8 Å². The van der Waals surface area contributed by atoms with Crippen molar-refractivity contribution < 1.29 is 0 Å². The molecular formula is C22H38N6.